The molecule has 136 valence electrons. The van der Waals surface area contributed by atoms with Crippen LogP contribution in [-0.4, -0.2) is 65.3 Å². The fraction of sp³-hybridized carbons (Fsp3) is 0.526. The average molecular weight is 345 g/mol. The Morgan fingerprint density at radius 1 is 1.32 bits per heavy atom. The molecule has 2 aromatic rings. The van der Waals surface area contributed by atoms with E-state index in [1.165, 1.54) is 0 Å². The highest BCUT2D eigenvalue weighted by Gasteiger charge is 2.25. The van der Waals surface area contributed by atoms with Gasteiger partial charge in [0.25, 0.3) is 0 Å². The number of benzene rings is 1. The lowest BCUT2D eigenvalue weighted by Crippen LogP contribution is -2.53. The number of piperazine rings is 1. The quantitative estimate of drug-likeness (QED) is 0.866. The van der Waals surface area contributed by atoms with Crippen LogP contribution in [0.15, 0.2) is 34.9 Å². The number of hydrogen-bond donors (Lipinski definition) is 1. The molecule has 1 aliphatic heterocycles. The number of nitrogens with zero attached hydrogens (tertiary/aromatic N) is 3. The molecule has 1 saturated heterocycles. The number of methoxy groups -OCH3 is 1. The maximum atomic E-state index is 9.58. The zero-order valence-corrected chi connectivity index (χ0v) is 15.2. The van der Waals surface area contributed by atoms with Gasteiger partial charge in [0.2, 0.25) is 5.89 Å². The van der Waals surface area contributed by atoms with E-state index in [1.807, 2.05) is 31.2 Å². The van der Waals surface area contributed by atoms with Gasteiger partial charge in [-0.2, -0.15) is 0 Å². The van der Waals surface area contributed by atoms with Crippen molar-refractivity contribution >= 4 is 0 Å². The Morgan fingerprint density at radius 2 is 2.08 bits per heavy atom. The minimum Gasteiger partial charge on any atom is -0.497 e. The topological polar surface area (TPSA) is 62.0 Å². The molecule has 0 radical (unpaired) electrons. The summed E-state index contributed by atoms with van der Waals surface area (Å²) in [6, 6.07) is 8.20. The number of aromatic nitrogens is 1. The fourth-order valence-electron chi connectivity index (χ4n) is 3.29. The van der Waals surface area contributed by atoms with E-state index in [0.717, 1.165) is 49.1 Å². The first-order valence-electron chi connectivity index (χ1n) is 8.78. The molecule has 6 heteroatoms. The molecule has 25 heavy (non-hydrogen) atoms. The Bertz CT molecular complexity index is 669. The molecule has 0 bridgehead atoms. The van der Waals surface area contributed by atoms with Gasteiger partial charge in [-0.15, -0.1) is 0 Å². The van der Waals surface area contributed by atoms with Crippen molar-refractivity contribution < 1.29 is 14.3 Å². The number of hydrogen-bond acceptors (Lipinski definition) is 6. The van der Waals surface area contributed by atoms with Gasteiger partial charge < -0.3 is 14.3 Å². The SMILES string of the molecule is COc1ccc(-c2cnc(CN3CCN(C[C@@H](C)O)[C@H](C)C3)o2)cc1. The van der Waals surface area contributed by atoms with Crippen LogP contribution in [0, 0.1) is 0 Å². The number of aliphatic hydroxyl groups excluding tert-OH is 1. The smallest absolute Gasteiger partial charge is 0.209 e. The van der Waals surface area contributed by atoms with Crippen molar-refractivity contribution in [2.75, 3.05) is 33.3 Å². The molecule has 0 saturated carbocycles. The van der Waals surface area contributed by atoms with E-state index in [-0.39, 0.29) is 6.10 Å². The van der Waals surface area contributed by atoms with E-state index in [4.69, 9.17) is 9.15 Å². The maximum absolute atomic E-state index is 9.58. The van der Waals surface area contributed by atoms with E-state index in [1.54, 1.807) is 13.3 Å². The van der Waals surface area contributed by atoms with Gasteiger partial charge in [0.05, 0.1) is 26.0 Å². The molecule has 1 fully saturated rings. The lowest BCUT2D eigenvalue weighted by atomic mass is 10.1. The summed E-state index contributed by atoms with van der Waals surface area (Å²) in [4.78, 5) is 9.12. The lowest BCUT2D eigenvalue weighted by Gasteiger charge is -2.39. The minimum atomic E-state index is -0.284. The highest BCUT2D eigenvalue weighted by molar-refractivity contribution is 5.57. The summed E-state index contributed by atoms with van der Waals surface area (Å²) < 4.78 is 11.1. The third-order valence-electron chi connectivity index (χ3n) is 4.63. The minimum absolute atomic E-state index is 0.284. The van der Waals surface area contributed by atoms with Crippen molar-refractivity contribution in [1.82, 2.24) is 14.8 Å². The normalized spacial score (nSPS) is 20.6. The summed E-state index contributed by atoms with van der Waals surface area (Å²) >= 11 is 0. The summed E-state index contributed by atoms with van der Waals surface area (Å²) in [5.74, 6) is 2.34. The zero-order valence-electron chi connectivity index (χ0n) is 15.2. The van der Waals surface area contributed by atoms with E-state index < -0.39 is 0 Å². The first-order valence-corrected chi connectivity index (χ1v) is 8.78. The van der Waals surface area contributed by atoms with Crippen LogP contribution in [0.3, 0.4) is 0 Å². The fourth-order valence-corrected chi connectivity index (χ4v) is 3.29. The van der Waals surface area contributed by atoms with Crippen LogP contribution in [0.4, 0.5) is 0 Å². The summed E-state index contributed by atoms with van der Waals surface area (Å²) in [5.41, 5.74) is 0.995. The van der Waals surface area contributed by atoms with Crippen molar-refractivity contribution in [3.05, 3.63) is 36.4 Å². The molecule has 6 nitrogen and oxygen atoms in total. The number of aliphatic hydroxyl groups is 1. The van der Waals surface area contributed by atoms with Gasteiger partial charge in [0.1, 0.15) is 5.75 Å². The van der Waals surface area contributed by atoms with E-state index in [9.17, 15) is 5.11 Å². The van der Waals surface area contributed by atoms with Crippen molar-refractivity contribution in [3.8, 4) is 17.1 Å². The molecule has 0 amide bonds. The third-order valence-corrected chi connectivity index (χ3v) is 4.63. The van der Waals surface area contributed by atoms with Crippen LogP contribution in [0.5, 0.6) is 5.75 Å². The van der Waals surface area contributed by atoms with Crippen LogP contribution < -0.4 is 4.74 Å². The third kappa shape index (κ3) is 4.60. The molecule has 0 spiro atoms. The second-order valence-corrected chi connectivity index (χ2v) is 6.77. The van der Waals surface area contributed by atoms with Crippen LogP contribution in [-0.2, 0) is 6.54 Å². The first kappa shape index (κ1) is 17.9. The van der Waals surface area contributed by atoms with E-state index >= 15 is 0 Å². The summed E-state index contributed by atoms with van der Waals surface area (Å²) in [6.45, 7) is 8.35. The van der Waals surface area contributed by atoms with E-state index in [0.29, 0.717) is 12.6 Å². The van der Waals surface area contributed by atoms with Crippen molar-refractivity contribution in [2.45, 2.75) is 32.5 Å². The zero-order chi connectivity index (χ0) is 17.8. The van der Waals surface area contributed by atoms with Crippen LogP contribution in [0.25, 0.3) is 11.3 Å². The molecule has 2 atom stereocenters. The van der Waals surface area contributed by atoms with Gasteiger partial charge in [0.15, 0.2) is 5.76 Å². The Hall–Kier alpha value is -1.89. The number of rotatable bonds is 6. The van der Waals surface area contributed by atoms with Crippen LogP contribution in [0.1, 0.15) is 19.7 Å². The van der Waals surface area contributed by atoms with Crippen LogP contribution >= 0.6 is 0 Å². The Balaban J connectivity index is 1.58. The predicted octanol–water partition coefficient (Wildman–Crippen LogP) is 2.24. The Kier molecular flexibility index (Phi) is 5.73. The molecule has 1 N–H and O–H groups in total. The summed E-state index contributed by atoms with van der Waals surface area (Å²) in [6.07, 6.45) is 1.50. The van der Waals surface area contributed by atoms with Gasteiger partial charge in [-0.1, -0.05) is 0 Å². The summed E-state index contributed by atoms with van der Waals surface area (Å²) in [5, 5.41) is 9.58. The number of β-amino-alcohol motifs (C(OH)–C–C–N with tert-alkyl or cyclic N) is 1. The molecule has 3 rings (SSSR count). The van der Waals surface area contributed by atoms with Crippen molar-refractivity contribution in [1.29, 1.82) is 0 Å². The maximum Gasteiger partial charge on any atom is 0.209 e. The monoisotopic (exact) mass is 345 g/mol. The van der Waals surface area contributed by atoms with Gasteiger partial charge in [-0.25, -0.2) is 4.98 Å². The molecular formula is C19H27N3O3. The molecule has 1 aromatic heterocycles. The molecule has 0 unspecified atom stereocenters. The first-order chi connectivity index (χ1) is 12.0. The van der Waals surface area contributed by atoms with Gasteiger partial charge in [-0.3, -0.25) is 9.80 Å². The molecular weight excluding hydrogens is 318 g/mol. The van der Waals surface area contributed by atoms with Gasteiger partial charge >= 0.3 is 0 Å². The second-order valence-electron chi connectivity index (χ2n) is 6.77. The molecule has 1 aliphatic rings. The molecule has 1 aromatic carbocycles. The van der Waals surface area contributed by atoms with Gasteiger partial charge in [-0.05, 0) is 38.1 Å². The van der Waals surface area contributed by atoms with Gasteiger partial charge in [0, 0.05) is 37.8 Å². The largest absolute Gasteiger partial charge is 0.497 e. The van der Waals surface area contributed by atoms with Crippen molar-refractivity contribution in [3.63, 3.8) is 0 Å². The average Bonchev–Trinajstić information content (AvgIpc) is 3.05. The lowest BCUT2D eigenvalue weighted by molar-refractivity contribution is 0.0393. The van der Waals surface area contributed by atoms with Crippen LogP contribution in [0.2, 0.25) is 0 Å². The number of oxazole rings is 1. The highest BCUT2D eigenvalue weighted by Crippen LogP contribution is 2.24. The molecule has 2 heterocycles. The summed E-state index contributed by atoms with van der Waals surface area (Å²) in [7, 11) is 1.66. The second kappa shape index (κ2) is 7.99. The Morgan fingerprint density at radius 3 is 2.72 bits per heavy atom. The highest BCUT2D eigenvalue weighted by atomic mass is 16.5. The Labute approximate surface area is 149 Å². The standard InChI is InChI=1S/C19H27N3O3/c1-14-11-21(8-9-22(14)12-15(2)23)13-19-20-10-18(25-19)16-4-6-17(24-3)7-5-16/h4-7,10,14-15,23H,8-9,11-13H2,1-3H3/t14-,15-/m1/s1. The van der Waals surface area contributed by atoms with E-state index in [2.05, 4.69) is 21.7 Å². The molecule has 0 aliphatic carbocycles. The number of ether oxygens (including phenoxy) is 1. The van der Waals surface area contributed by atoms with Crippen molar-refractivity contribution in [2.24, 2.45) is 0 Å². The predicted molar refractivity (Wildman–Crippen MR) is 96.5 cm³/mol.